The zero-order chi connectivity index (χ0) is 7.68. The van der Waals surface area contributed by atoms with Gasteiger partial charge >= 0.3 is 0 Å². The Balaban J connectivity index is 2.79. The van der Waals surface area contributed by atoms with Gasteiger partial charge in [0.2, 0.25) is 0 Å². The molecule has 0 aliphatic carbocycles. The Morgan fingerprint density at radius 1 is 1.45 bits per heavy atom. The average molecular weight is 147 g/mol. The lowest BCUT2D eigenvalue weighted by molar-refractivity contribution is 1.02. The molecule has 56 valence electrons. The molecule has 0 saturated carbocycles. The lowest BCUT2D eigenvalue weighted by Crippen LogP contribution is -1.89. The minimum atomic E-state index is 0.944. The molecule has 0 bridgehead atoms. The van der Waals surface area contributed by atoms with Gasteiger partial charge < -0.3 is 4.98 Å². The number of H-pyrrole nitrogens is 1. The number of nitrogens with one attached hydrogen (secondary N) is 1. The summed E-state index contributed by atoms with van der Waals surface area (Å²) in [5.74, 6) is 0. The number of aromatic amines is 1. The zero-order valence-electron chi connectivity index (χ0n) is 6.33. The van der Waals surface area contributed by atoms with Crippen molar-refractivity contribution in [2.75, 3.05) is 0 Å². The molecule has 0 aliphatic rings. The first-order valence-electron chi connectivity index (χ1n) is 3.68. The summed E-state index contributed by atoms with van der Waals surface area (Å²) >= 11 is 0. The Morgan fingerprint density at radius 2 is 2.36 bits per heavy atom. The van der Waals surface area contributed by atoms with Gasteiger partial charge in [-0.2, -0.15) is 0 Å². The summed E-state index contributed by atoms with van der Waals surface area (Å²) in [6, 6.07) is 1.95. The van der Waals surface area contributed by atoms with Gasteiger partial charge in [-0.15, -0.1) is 0 Å². The second-order valence-electron chi connectivity index (χ2n) is 2.41. The third-order valence-corrected chi connectivity index (χ3v) is 1.76. The fourth-order valence-electron chi connectivity index (χ4n) is 1.19. The predicted molar refractivity (Wildman–Crippen MR) is 43.3 cm³/mol. The average Bonchev–Trinajstić information content (AvgIpc) is 2.50. The summed E-state index contributed by atoms with van der Waals surface area (Å²) in [5.41, 5.74) is 3.15. The smallest absolute Gasteiger partial charge is 0.116 e. The van der Waals surface area contributed by atoms with Gasteiger partial charge in [0.05, 0.1) is 16.7 Å². The highest BCUT2D eigenvalue weighted by atomic mass is 14.9. The molecule has 11 heavy (non-hydrogen) atoms. The molecule has 2 aromatic heterocycles. The molecule has 0 radical (unpaired) electrons. The van der Waals surface area contributed by atoms with Crippen LogP contribution >= 0.6 is 0 Å². The van der Waals surface area contributed by atoms with E-state index in [-0.39, 0.29) is 0 Å². The number of aromatic nitrogens is 3. The van der Waals surface area contributed by atoms with Gasteiger partial charge in [-0.25, -0.2) is 9.97 Å². The van der Waals surface area contributed by atoms with Crippen LogP contribution in [0.5, 0.6) is 0 Å². The lowest BCUT2D eigenvalue weighted by Gasteiger charge is -1.95. The lowest BCUT2D eigenvalue weighted by atomic mass is 10.3. The topological polar surface area (TPSA) is 41.6 Å². The molecule has 0 fully saturated rings. The van der Waals surface area contributed by atoms with Crippen molar-refractivity contribution in [1.82, 2.24) is 15.0 Å². The van der Waals surface area contributed by atoms with E-state index in [0.717, 1.165) is 23.1 Å². The largest absolute Gasteiger partial charge is 0.358 e. The van der Waals surface area contributed by atoms with Crippen LogP contribution in [-0.2, 0) is 6.42 Å². The van der Waals surface area contributed by atoms with Crippen LogP contribution in [0.15, 0.2) is 18.6 Å². The van der Waals surface area contributed by atoms with Crippen LogP contribution in [0, 0.1) is 0 Å². The van der Waals surface area contributed by atoms with E-state index in [0.29, 0.717) is 0 Å². The summed E-state index contributed by atoms with van der Waals surface area (Å²) in [6.07, 6.45) is 4.44. The first-order valence-corrected chi connectivity index (χ1v) is 3.68. The summed E-state index contributed by atoms with van der Waals surface area (Å²) < 4.78 is 0. The van der Waals surface area contributed by atoms with Gasteiger partial charge in [-0.05, 0) is 12.5 Å². The molecule has 2 rings (SSSR count). The van der Waals surface area contributed by atoms with E-state index in [4.69, 9.17) is 0 Å². The van der Waals surface area contributed by atoms with Crippen LogP contribution < -0.4 is 0 Å². The molecular formula is C8H9N3. The van der Waals surface area contributed by atoms with Crippen LogP contribution in [0.25, 0.3) is 11.0 Å². The Morgan fingerprint density at radius 3 is 3.18 bits per heavy atom. The molecule has 1 N–H and O–H groups in total. The van der Waals surface area contributed by atoms with Gasteiger partial charge in [0, 0.05) is 6.20 Å². The molecular weight excluding hydrogens is 138 g/mol. The van der Waals surface area contributed by atoms with E-state index in [1.807, 2.05) is 12.3 Å². The molecule has 3 heteroatoms. The standard InChI is InChI=1S/C8H9N3/c1-2-6-8-7(3-4-9-8)11-5-10-6/h3-5,9H,2H2,1H3. The van der Waals surface area contributed by atoms with Crippen molar-refractivity contribution in [2.24, 2.45) is 0 Å². The van der Waals surface area contributed by atoms with Crippen molar-refractivity contribution >= 4 is 11.0 Å². The van der Waals surface area contributed by atoms with E-state index in [9.17, 15) is 0 Å². The molecule has 0 amide bonds. The highest BCUT2D eigenvalue weighted by molar-refractivity contribution is 5.76. The number of hydrogen-bond donors (Lipinski definition) is 1. The number of nitrogens with zero attached hydrogens (tertiary/aromatic N) is 2. The predicted octanol–water partition coefficient (Wildman–Crippen LogP) is 1.52. The summed E-state index contributed by atoms with van der Waals surface area (Å²) in [5, 5.41) is 0. The Hall–Kier alpha value is -1.38. The van der Waals surface area contributed by atoms with Crippen LogP contribution in [-0.4, -0.2) is 15.0 Å². The number of aryl methyl sites for hydroxylation is 1. The molecule has 2 aromatic rings. The summed E-state index contributed by atoms with van der Waals surface area (Å²) in [6.45, 7) is 2.09. The van der Waals surface area contributed by atoms with Gasteiger partial charge in [0.25, 0.3) is 0 Å². The van der Waals surface area contributed by atoms with Crippen LogP contribution in [0.4, 0.5) is 0 Å². The quantitative estimate of drug-likeness (QED) is 0.664. The van der Waals surface area contributed by atoms with E-state index < -0.39 is 0 Å². The minimum absolute atomic E-state index is 0.944. The van der Waals surface area contributed by atoms with Gasteiger partial charge in [-0.1, -0.05) is 6.92 Å². The molecule has 0 atom stereocenters. The Labute approximate surface area is 64.5 Å². The molecule has 0 saturated heterocycles. The van der Waals surface area contributed by atoms with Crippen molar-refractivity contribution in [3.63, 3.8) is 0 Å². The van der Waals surface area contributed by atoms with Gasteiger partial charge in [0.1, 0.15) is 6.33 Å². The van der Waals surface area contributed by atoms with Crippen molar-refractivity contribution < 1.29 is 0 Å². The third kappa shape index (κ3) is 0.888. The fourth-order valence-corrected chi connectivity index (χ4v) is 1.19. The second kappa shape index (κ2) is 2.34. The number of fused-ring (bicyclic) bond motifs is 1. The van der Waals surface area contributed by atoms with Crippen LogP contribution in [0.3, 0.4) is 0 Å². The summed E-state index contributed by atoms with van der Waals surface area (Å²) in [4.78, 5) is 11.4. The number of rotatable bonds is 1. The third-order valence-electron chi connectivity index (χ3n) is 1.76. The van der Waals surface area contributed by atoms with Gasteiger partial charge in [-0.3, -0.25) is 0 Å². The summed E-state index contributed by atoms with van der Waals surface area (Å²) in [7, 11) is 0. The normalized spacial score (nSPS) is 10.6. The van der Waals surface area contributed by atoms with E-state index in [1.54, 1.807) is 6.33 Å². The fraction of sp³-hybridized carbons (Fsp3) is 0.250. The Kier molecular flexibility index (Phi) is 1.35. The maximum absolute atomic E-state index is 4.16. The van der Waals surface area contributed by atoms with Crippen molar-refractivity contribution in [3.8, 4) is 0 Å². The van der Waals surface area contributed by atoms with Crippen LogP contribution in [0.2, 0.25) is 0 Å². The molecule has 3 nitrogen and oxygen atoms in total. The van der Waals surface area contributed by atoms with E-state index >= 15 is 0 Å². The first-order chi connectivity index (χ1) is 5.42. The molecule has 2 heterocycles. The minimum Gasteiger partial charge on any atom is -0.358 e. The maximum atomic E-state index is 4.16. The van der Waals surface area contributed by atoms with E-state index in [2.05, 4.69) is 21.9 Å². The molecule has 0 aliphatic heterocycles. The highest BCUT2D eigenvalue weighted by Crippen LogP contribution is 2.11. The van der Waals surface area contributed by atoms with Crippen molar-refractivity contribution in [2.45, 2.75) is 13.3 Å². The monoisotopic (exact) mass is 147 g/mol. The number of hydrogen-bond acceptors (Lipinski definition) is 2. The molecule has 0 aromatic carbocycles. The van der Waals surface area contributed by atoms with Gasteiger partial charge in [0.15, 0.2) is 0 Å². The van der Waals surface area contributed by atoms with Crippen molar-refractivity contribution in [1.29, 1.82) is 0 Å². The second-order valence-corrected chi connectivity index (χ2v) is 2.41. The molecule has 0 spiro atoms. The van der Waals surface area contributed by atoms with Crippen LogP contribution in [0.1, 0.15) is 12.6 Å². The van der Waals surface area contributed by atoms with E-state index in [1.165, 1.54) is 0 Å². The molecule has 0 unspecified atom stereocenters. The Bertz CT molecular complexity index is 364. The maximum Gasteiger partial charge on any atom is 0.116 e. The van der Waals surface area contributed by atoms with Crippen molar-refractivity contribution in [3.05, 3.63) is 24.3 Å². The highest BCUT2D eigenvalue weighted by Gasteiger charge is 2.00. The first kappa shape index (κ1) is 6.34. The SMILES string of the molecule is CCc1ncnc2cc[nH]c12. The zero-order valence-corrected chi connectivity index (χ0v) is 6.33.